The number of rotatable bonds is 3. The van der Waals surface area contributed by atoms with Crippen molar-refractivity contribution in [3.05, 3.63) is 57.0 Å². The predicted molar refractivity (Wildman–Crippen MR) is 81.1 cm³/mol. The van der Waals surface area contributed by atoms with Crippen LogP contribution in [0.1, 0.15) is 5.56 Å². The van der Waals surface area contributed by atoms with Gasteiger partial charge in [0.1, 0.15) is 16.5 Å². The number of anilines is 1. The summed E-state index contributed by atoms with van der Waals surface area (Å²) < 4.78 is 53.2. The summed E-state index contributed by atoms with van der Waals surface area (Å²) in [6.07, 6.45) is 0. The average molecular weight is 397 g/mol. The van der Waals surface area contributed by atoms with Crippen molar-refractivity contribution in [1.82, 2.24) is 0 Å². The van der Waals surface area contributed by atoms with Crippen molar-refractivity contribution < 1.29 is 17.2 Å². The van der Waals surface area contributed by atoms with Crippen LogP contribution in [0.4, 0.5) is 14.5 Å². The SMILES string of the molecule is Cc1ccc(NS(=O)(=O)c2c(F)cc(F)cc2Br)cc1Cl. The molecule has 21 heavy (non-hydrogen) atoms. The maximum absolute atomic E-state index is 13.7. The lowest BCUT2D eigenvalue weighted by atomic mass is 10.2. The molecule has 0 spiro atoms. The number of benzene rings is 2. The van der Waals surface area contributed by atoms with Crippen LogP contribution in [0.15, 0.2) is 39.7 Å². The lowest BCUT2D eigenvalue weighted by molar-refractivity contribution is 0.548. The van der Waals surface area contributed by atoms with Gasteiger partial charge in [0.05, 0.1) is 5.69 Å². The molecule has 0 aliphatic heterocycles. The van der Waals surface area contributed by atoms with Crippen molar-refractivity contribution in [3.63, 3.8) is 0 Å². The first kappa shape index (κ1) is 16.2. The number of nitrogens with one attached hydrogen (secondary N) is 1. The largest absolute Gasteiger partial charge is 0.279 e. The Labute approximate surface area is 134 Å². The molecule has 0 atom stereocenters. The fraction of sp³-hybridized carbons (Fsp3) is 0.0769. The third kappa shape index (κ3) is 3.53. The first-order valence-corrected chi connectivity index (χ1v) is 8.29. The third-order valence-corrected chi connectivity index (χ3v) is 5.41. The highest BCUT2D eigenvalue weighted by Gasteiger charge is 2.24. The first-order chi connectivity index (χ1) is 9.70. The van der Waals surface area contributed by atoms with Gasteiger partial charge in [0, 0.05) is 15.6 Å². The average Bonchev–Trinajstić information content (AvgIpc) is 2.31. The normalized spacial score (nSPS) is 11.5. The molecule has 112 valence electrons. The lowest BCUT2D eigenvalue weighted by Gasteiger charge is -2.11. The Kier molecular flexibility index (Phi) is 4.55. The van der Waals surface area contributed by atoms with E-state index in [1.165, 1.54) is 12.1 Å². The Morgan fingerprint density at radius 3 is 2.43 bits per heavy atom. The maximum atomic E-state index is 13.7. The fourth-order valence-electron chi connectivity index (χ4n) is 1.65. The summed E-state index contributed by atoms with van der Waals surface area (Å²) in [4.78, 5) is -0.666. The number of aryl methyl sites for hydroxylation is 1. The second-order valence-corrected chi connectivity index (χ2v) is 7.15. The van der Waals surface area contributed by atoms with Gasteiger partial charge in [-0.05, 0) is 46.6 Å². The molecule has 0 unspecified atom stereocenters. The molecule has 0 saturated heterocycles. The molecule has 0 fully saturated rings. The molecule has 0 aliphatic carbocycles. The van der Waals surface area contributed by atoms with Crippen LogP contribution in [0, 0.1) is 18.6 Å². The monoisotopic (exact) mass is 395 g/mol. The summed E-state index contributed by atoms with van der Waals surface area (Å²) in [6, 6.07) is 5.90. The van der Waals surface area contributed by atoms with Crippen LogP contribution in [0.25, 0.3) is 0 Å². The Morgan fingerprint density at radius 1 is 1.19 bits per heavy atom. The second-order valence-electron chi connectivity index (χ2n) is 4.27. The molecule has 0 bridgehead atoms. The van der Waals surface area contributed by atoms with E-state index in [0.29, 0.717) is 11.1 Å². The third-order valence-electron chi connectivity index (χ3n) is 2.66. The molecule has 2 aromatic carbocycles. The van der Waals surface area contributed by atoms with Gasteiger partial charge >= 0.3 is 0 Å². The minimum Gasteiger partial charge on any atom is -0.279 e. The Morgan fingerprint density at radius 2 is 1.86 bits per heavy atom. The van der Waals surface area contributed by atoms with Gasteiger partial charge in [-0.15, -0.1) is 0 Å². The molecular weight excluding hydrogens is 388 g/mol. The summed E-state index contributed by atoms with van der Waals surface area (Å²) >= 11 is 8.75. The van der Waals surface area contributed by atoms with Gasteiger partial charge in [0.25, 0.3) is 10.0 Å². The topological polar surface area (TPSA) is 46.2 Å². The Hall–Kier alpha value is -1.18. The van der Waals surface area contributed by atoms with E-state index < -0.39 is 26.6 Å². The summed E-state index contributed by atoms with van der Waals surface area (Å²) in [5.74, 6) is -2.07. The molecule has 3 nitrogen and oxygen atoms in total. The van der Waals surface area contributed by atoms with Crippen molar-refractivity contribution in [2.45, 2.75) is 11.8 Å². The summed E-state index contributed by atoms with van der Waals surface area (Å²) in [7, 11) is -4.22. The maximum Gasteiger partial charge on any atom is 0.265 e. The van der Waals surface area contributed by atoms with E-state index in [4.69, 9.17) is 11.6 Å². The van der Waals surface area contributed by atoms with Gasteiger partial charge in [0.15, 0.2) is 0 Å². The zero-order valence-corrected chi connectivity index (χ0v) is 13.8. The van der Waals surface area contributed by atoms with Gasteiger partial charge < -0.3 is 0 Å². The molecule has 0 radical (unpaired) electrons. The van der Waals surface area contributed by atoms with Crippen LogP contribution < -0.4 is 4.72 Å². The van der Waals surface area contributed by atoms with Gasteiger partial charge in [-0.2, -0.15) is 0 Å². The molecule has 1 N–H and O–H groups in total. The van der Waals surface area contributed by atoms with Crippen molar-refractivity contribution >= 4 is 43.2 Å². The molecule has 0 amide bonds. The van der Waals surface area contributed by atoms with E-state index in [-0.39, 0.29) is 10.2 Å². The van der Waals surface area contributed by atoms with E-state index in [0.717, 1.165) is 11.6 Å². The summed E-state index contributed by atoms with van der Waals surface area (Å²) in [5, 5.41) is 0.369. The highest BCUT2D eigenvalue weighted by Crippen LogP contribution is 2.29. The van der Waals surface area contributed by atoms with Crippen LogP contribution >= 0.6 is 27.5 Å². The second kappa shape index (κ2) is 5.90. The Balaban J connectivity index is 2.46. The standard InChI is InChI=1S/C13H9BrClF2NO2S/c1-7-2-3-9(6-11(7)15)18-21(19,20)13-10(14)4-8(16)5-12(13)17/h2-6,18H,1H3. The number of hydrogen-bond acceptors (Lipinski definition) is 2. The van der Waals surface area contributed by atoms with E-state index in [1.807, 2.05) is 0 Å². The van der Waals surface area contributed by atoms with Crippen molar-refractivity contribution in [3.8, 4) is 0 Å². The van der Waals surface area contributed by atoms with E-state index in [2.05, 4.69) is 20.7 Å². The molecule has 2 aromatic rings. The number of halogens is 4. The lowest BCUT2D eigenvalue weighted by Crippen LogP contribution is -2.15. The molecule has 8 heteroatoms. The molecule has 0 saturated carbocycles. The van der Waals surface area contributed by atoms with Gasteiger partial charge in [0.2, 0.25) is 0 Å². The van der Waals surface area contributed by atoms with Crippen molar-refractivity contribution in [2.24, 2.45) is 0 Å². The molecule has 0 aromatic heterocycles. The zero-order valence-electron chi connectivity index (χ0n) is 10.6. The zero-order chi connectivity index (χ0) is 15.8. The Bertz CT molecular complexity index is 789. The minimum atomic E-state index is -4.22. The van der Waals surface area contributed by atoms with E-state index in [9.17, 15) is 17.2 Å². The smallest absolute Gasteiger partial charge is 0.265 e. The van der Waals surface area contributed by atoms with Crippen molar-refractivity contribution in [1.29, 1.82) is 0 Å². The highest BCUT2D eigenvalue weighted by molar-refractivity contribution is 9.10. The number of sulfonamides is 1. The van der Waals surface area contributed by atoms with Crippen LogP contribution in [-0.2, 0) is 10.0 Å². The molecular formula is C13H9BrClF2NO2S. The van der Waals surface area contributed by atoms with Crippen LogP contribution in [0.2, 0.25) is 5.02 Å². The first-order valence-electron chi connectivity index (χ1n) is 5.64. The molecule has 2 rings (SSSR count). The summed E-state index contributed by atoms with van der Waals surface area (Å²) in [5.41, 5.74) is 0.954. The van der Waals surface area contributed by atoms with E-state index in [1.54, 1.807) is 13.0 Å². The quantitative estimate of drug-likeness (QED) is 0.831. The number of hydrogen-bond donors (Lipinski definition) is 1. The van der Waals surface area contributed by atoms with Gasteiger partial charge in [-0.3, -0.25) is 4.72 Å². The highest BCUT2D eigenvalue weighted by atomic mass is 79.9. The fourth-order valence-corrected chi connectivity index (χ4v) is 4.05. The van der Waals surface area contributed by atoms with Crippen LogP contribution in [0.5, 0.6) is 0 Å². The minimum absolute atomic E-state index is 0.182. The molecule has 0 heterocycles. The van der Waals surface area contributed by atoms with Gasteiger partial charge in [-0.1, -0.05) is 17.7 Å². The van der Waals surface area contributed by atoms with Crippen molar-refractivity contribution in [2.75, 3.05) is 4.72 Å². The van der Waals surface area contributed by atoms with Crippen LogP contribution in [-0.4, -0.2) is 8.42 Å². The van der Waals surface area contributed by atoms with E-state index >= 15 is 0 Å². The van der Waals surface area contributed by atoms with Gasteiger partial charge in [-0.25, -0.2) is 17.2 Å². The molecule has 0 aliphatic rings. The summed E-state index contributed by atoms with van der Waals surface area (Å²) in [6.45, 7) is 1.76. The predicted octanol–water partition coefficient (Wildman–Crippen LogP) is 4.49. The van der Waals surface area contributed by atoms with Crippen LogP contribution in [0.3, 0.4) is 0 Å².